The van der Waals surface area contributed by atoms with E-state index in [1.165, 1.54) is 0 Å². The van der Waals surface area contributed by atoms with Gasteiger partial charge in [-0.25, -0.2) is 0 Å². The fourth-order valence-corrected chi connectivity index (χ4v) is 1.28. The Labute approximate surface area is 177 Å². The van der Waals surface area contributed by atoms with Crippen LogP contribution in [0, 0.1) is 13.8 Å². The summed E-state index contributed by atoms with van der Waals surface area (Å²) in [5.41, 5.74) is 0. The largest absolute Gasteiger partial charge is 2.00 e. The minimum Gasteiger partial charge on any atom is -1.00 e. The molecule has 0 unspecified atom stereocenters. The minimum absolute atomic E-state index is 0. The van der Waals surface area contributed by atoms with Crippen LogP contribution in [-0.2, 0) is 0 Å². The molecule has 0 saturated carbocycles. The van der Waals surface area contributed by atoms with Crippen LogP contribution in [0.2, 0.25) is 0 Å². The molecule has 0 saturated heterocycles. The Morgan fingerprint density at radius 2 is 0.714 bits per heavy atom. The maximum absolute atomic E-state index is 3.79. The van der Waals surface area contributed by atoms with Crippen LogP contribution in [0.1, 0.15) is 44.9 Å². The second kappa shape index (κ2) is 32.9. The van der Waals surface area contributed by atoms with Crippen LogP contribution in [0.4, 0.5) is 0 Å². The van der Waals surface area contributed by atoms with E-state index in [9.17, 15) is 0 Å². The third-order valence-electron chi connectivity index (χ3n) is 2.22. The molecule has 0 rings (SSSR count). The van der Waals surface area contributed by atoms with Crippen molar-refractivity contribution >= 4 is 46.1 Å². The van der Waals surface area contributed by atoms with E-state index >= 15 is 0 Å². The van der Waals surface area contributed by atoms with E-state index in [1.54, 1.807) is 0 Å². The Bertz CT molecular complexity index is 234. The molecule has 0 fully saturated rings. The third kappa shape index (κ3) is 33.7. The van der Waals surface area contributed by atoms with Gasteiger partial charge in [0.25, 0.3) is 0 Å². The SMILES string of the molecule is [CH2-]CC/C=C\C/C=C\C/C=C\C/C=C\CC[CH2-].[Cl-].[Cl-].[Mg+2].[Mg+2]. The summed E-state index contributed by atoms with van der Waals surface area (Å²) in [4.78, 5) is 0. The van der Waals surface area contributed by atoms with Crippen molar-refractivity contribution in [2.24, 2.45) is 0 Å². The summed E-state index contributed by atoms with van der Waals surface area (Å²) in [6.07, 6.45) is 24.9. The predicted molar refractivity (Wildman–Crippen MR) is 91.1 cm³/mol. The van der Waals surface area contributed by atoms with Crippen molar-refractivity contribution in [3.8, 4) is 0 Å². The monoisotopic (exact) mass is 348 g/mol. The topological polar surface area (TPSA) is 0 Å². The minimum atomic E-state index is 0. The molecule has 0 amide bonds. The van der Waals surface area contributed by atoms with Crippen LogP contribution in [0.5, 0.6) is 0 Å². The first kappa shape index (κ1) is 33.6. The molecule has 0 aliphatic carbocycles. The average Bonchev–Trinajstić information content (AvgIpc) is 2.35. The molecular formula is C17H26Cl2Mg2. The van der Waals surface area contributed by atoms with Crippen LogP contribution < -0.4 is 24.8 Å². The average molecular weight is 350 g/mol. The standard InChI is InChI=1S/C17H26.2ClH.2Mg/c1-3-5-7-9-11-13-15-17-16-14-12-10-8-6-4-2;;;;/h7-10,13-16H,1-6,11-12,17H2;2*1H;;/q-2;;;2*+2/p-2/b9-7-,10-8-,15-13-,16-14-;;;;. The van der Waals surface area contributed by atoms with Crippen LogP contribution in [0.15, 0.2) is 48.6 Å². The van der Waals surface area contributed by atoms with Gasteiger partial charge in [-0.2, -0.15) is 12.8 Å². The van der Waals surface area contributed by atoms with E-state index in [1.807, 2.05) is 0 Å². The van der Waals surface area contributed by atoms with Gasteiger partial charge in [-0.1, -0.05) is 61.4 Å². The van der Waals surface area contributed by atoms with Gasteiger partial charge in [0.2, 0.25) is 0 Å². The van der Waals surface area contributed by atoms with E-state index in [-0.39, 0.29) is 70.9 Å². The zero-order valence-electron chi connectivity index (χ0n) is 13.2. The van der Waals surface area contributed by atoms with Gasteiger partial charge in [0.05, 0.1) is 0 Å². The smallest absolute Gasteiger partial charge is 1.00 e. The molecule has 0 N–H and O–H groups in total. The van der Waals surface area contributed by atoms with E-state index in [0.717, 1.165) is 44.9 Å². The molecule has 0 spiro atoms. The molecule has 0 atom stereocenters. The fraction of sp³-hybridized carbons (Fsp3) is 0.412. The van der Waals surface area contributed by atoms with Gasteiger partial charge in [-0.3, -0.25) is 0 Å². The molecule has 0 aliphatic heterocycles. The van der Waals surface area contributed by atoms with E-state index in [2.05, 4.69) is 62.5 Å². The number of rotatable bonds is 10. The fourth-order valence-electron chi connectivity index (χ4n) is 1.28. The summed E-state index contributed by atoms with van der Waals surface area (Å²) < 4.78 is 0. The molecule has 0 nitrogen and oxygen atoms in total. The summed E-state index contributed by atoms with van der Waals surface area (Å²) in [6, 6.07) is 0. The second-order valence-electron chi connectivity index (χ2n) is 3.88. The molecule has 0 radical (unpaired) electrons. The Morgan fingerprint density at radius 1 is 0.476 bits per heavy atom. The Hall–Kier alpha value is 1.07. The second-order valence-corrected chi connectivity index (χ2v) is 3.88. The van der Waals surface area contributed by atoms with Gasteiger partial charge < -0.3 is 38.7 Å². The van der Waals surface area contributed by atoms with Gasteiger partial charge in [0, 0.05) is 0 Å². The molecule has 4 heteroatoms. The molecule has 112 valence electrons. The number of halogens is 2. The van der Waals surface area contributed by atoms with Gasteiger partial charge >= 0.3 is 46.1 Å². The number of hydrogen-bond acceptors (Lipinski definition) is 0. The molecule has 0 aromatic rings. The van der Waals surface area contributed by atoms with Crippen molar-refractivity contribution in [3.05, 3.63) is 62.5 Å². The van der Waals surface area contributed by atoms with Gasteiger partial charge in [-0.15, -0.1) is 0 Å². The maximum Gasteiger partial charge on any atom is 2.00 e. The van der Waals surface area contributed by atoms with Crippen molar-refractivity contribution < 1.29 is 24.8 Å². The van der Waals surface area contributed by atoms with Crippen LogP contribution >= 0.6 is 0 Å². The molecule has 0 heterocycles. The van der Waals surface area contributed by atoms with E-state index in [0.29, 0.717) is 0 Å². The molecule has 0 aliphatic rings. The van der Waals surface area contributed by atoms with Crippen molar-refractivity contribution in [2.75, 3.05) is 0 Å². The summed E-state index contributed by atoms with van der Waals surface area (Å²) in [5, 5.41) is 0. The number of allylic oxidation sites excluding steroid dienone is 8. The normalized spacial score (nSPS) is 10.4. The first-order valence-corrected chi connectivity index (χ1v) is 6.60. The van der Waals surface area contributed by atoms with Crippen molar-refractivity contribution in [3.63, 3.8) is 0 Å². The predicted octanol–water partition coefficient (Wildman–Crippen LogP) is -1.14. The molecule has 0 bridgehead atoms. The van der Waals surface area contributed by atoms with Crippen LogP contribution in [0.25, 0.3) is 0 Å². The first-order chi connectivity index (χ1) is 8.41. The van der Waals surface area contributed by atoms with E-state index in [4.69, 9.17) is 0 Å². The van der Waals surface area contributed by atoms with Crippen LogP contribution in [0.3, 0.4) is 0 Å². The summed E-state index contributed by atoms with van der Waals surface area (Å²) >= 11 is 0. The third-order valence-corrected chi connectivity index (χ3v) is 2.22. The molecule has 21 heavy (non-hydrogen) atoms. The van der Waals surface area contributed by atoms with Crippen molar-refractivity contribution in [1.82, 2.24) is 0 Å². The zero-order chi connectivity index (χ0) is 12.6. The van der Waals surface area contributed by atoms with Gasteiger partial charge in [-0.05, 0) is 19.3 Å². The Balaban J connectivity index is -0.000000213. The summed E-state index contributed by atoms with van der Waals surface area (Å²) in [6.45, 7) is 7.59. The van der Waals surface area contributed by atoms with Crippen LogP contribution in [-0.4, -0.2) is 46.1 Å². The first-order valence-electron chi connectivity index (χ1n) is 6.60. The maximum atomic E-state index is 3.79. The summed E-state index contributed by atoms with van der Waals surface area (Å²) in [5.74, 6) is 0. The molecular weight excluding hydrogens is 324 g/mol. The number of hydrogen-bond donors (Lipinski definition) is 0. The quantitative estimate of drug-likeness (QED) is 0.266. The Morgan fingerprint density at radius 3 is 0.952 bits per heavy atom. The van der Waals surface area contributed by atoms with Crippen molar-refractivity contribution in [2.45, 2.75) is 44.9 Å². The summed E-state index contributed by atoms with van der Waals surface area (Å²) in [7, 11) is 0. The number of unbranched alkanes of at least 4 members (excludes halogenated alkanes) is 2. The molecule has 0 aromatic carbocycles. The molecule has 0 aromatic heterocycles. The zero-order valence-corrected chi connectivity index (χ0v) is 17.5. The van der Waals surface area contributed by atoms with Gasteiger partial charge in [0.15, 0.2) is 0 Å². The van der Waals surface area contributed by atoms with E-state index < -0.39 is 0 Å². The Kier molecular flexibility index (Phi) is 52.6. The van der Waals surface area contributed by atoms with Crippen molar-refractivity contribution in [1.29, 1.82) is 0 Å². The van der Waals surface area contributed by atoms with Gasteiger partial charge in [0.1, 0.15) is 0 Å².